The number of carbonyl (C=O) groups excluding carboxylic acids is 1. The molecule has 3 nitrogen and oxygen atoms in total. The van der Waals surface area contributed by atoms with E-state index in [9.17, 15) is 18.0 Å². The fourth-order valence-electron chi connectivity index (χ4n) is 1.24. The third kappa shape index (κ3) is 5.37. The second-order valence-electron chi connectivity index (χ2n) is 3.48. The zero-order valence-corrected chi connectivity index (χ0v) is 10.5. The van der Waals surface area contributed by atoms with Gasteiger partial charge in [0.25, 0.3) is 0 Å². The van der Waals surface area contributed by atoms with Crippen LogP contribution in [-0.4, -0.2) is 19.5 Å². The van der Waals surface area contributed by atoms with Crippen LogP contribution in [0.5, 0.6) is 0 Å². The minimum atomic E-state index is -4.40. The minimum Gasteiger partial charge on any atom is -0.326 e. The number of alkyl halides is 3. The number of nitrogens with one attached hydrogen (secondary N) is 2. The van der Waals surface area contributed by atoms with Gasteiger partial charge in [0.1, 0.15) is 0 Å². The highest BCUT2D eigenvalue weighted by Gasteiger charge is 2.30. The van der Waals surface area contributed by atoms with Gasteiger partial charge >= 0.3 is 6.18 Å². The van der Waals surface area contributed by atoms with Crippen molar-refractivity contribution < 1.29 is 18.0 Å². The van der Waals surface area contributed by atoms with Crippen LogP contribution in [0.4, 0.5) is 18.9 Å². The molecule has 2 N–H and O–H groups in total. The first kappa shape index (κ1) is 16.7. The maximum Gasteiger partial charge on any atom is 0.416 e. The van der Waals surface area contributed by atoms with E-state index >= 15 is 0 Å². The number of benzene rings is 1. The van der Waals surface area contributed by atoms with Gasteiger partial charge in [0.15, 0.2) is 0 Å². The molecular weight excluding hydrogens is 269 g/mol. The molecule has 18 heavy (non-hydrogen) atoms. The Morgan fingerprint density at radius 2 is 2.00 bits per heavy atom. The molecule has 0 aliphatic rings. The lowest BCUT2D eigenvalue weighted by atomic mass is 10.2. The van der Waals surface area contributed by atoms with Gasteiger partial charge in [-0.05, 0) is 25.2 Å². The minimum absolute atomic E-state index is 0. The largest absolute Gasteiger partial charge is 0.416 e. The summed E-state index contributed by atoms with van der Waals surface area (Å²) >= 11 is 0. The number of hydrogen-bond acceptors (Lipinski definition) is 2. The van der Waals surface area contributed by atoms with E-state index in [4.69, 9.17) is 0 Å². The van der Waals surface area contributed by atoms with Crippen molar-refractivity contribution in [1.29, 1.82) is 0 Å². The maximum absolute atomic E-state index is 12.4. The molecule has 0 unspecified atom stereocenters. The van der Waals surface area contributed by atoms with E-state index in [1.54, 1.807) is 7.05 Å². The van der Waals surface area contributed by atoms with Crippen molar-refractivity contribution in [3.63, 3.8) is 0 Å². The first-order chi connectivity index (χ1) is 7.93. The van der Waals surface area contributed by atoms with Gasteiger partial charge in [-0.3, -0.25) is 4.79 Å². The van der Waals surface area contributed by atoms with Crippen LogP contribution in [0, 0.1) is 0 Å². The predicted molar refractivity (Wildman–Crippen MR) is 65.9 cm³/mol. The Morgan fingerprint density at radius 1 is 1.33 bits per heavy atom. The standard InChI is InChI=1S/C11H13F3N2O.ClH/c1-15-6-5-10(17)16-9-4-2-3-8(7-9)11(12,13)14;/h2-4,7,15H,5-6H2,1H3,(H,16,17);1H. The summed E-state index contributed by atoms with van der Waals surface area (Å²) in [7, 11) is 1.69. The summed E-state index contributed by atoms with van der Waals surface area (Å²) < 4.78 is 37.2. The topological polar surface area (TPSA) is 41.1 Å². The van der Waals surface area contributed by atoms with Crippen LogP contribution in [0.3, 0.4) is 0 Å². The number of rotatable bonds is 4. The van der Waals surface area contributed by atoms with Crippen molar-refractivity contribution in [2.45, 2.75) is 12.6 Å². The van der Waals surface area contributed by atoms with Crippen LogP contribution < -0.4 is 10.6 Å². The summed E-state index contributed by atoms with van der Waals surface area (Å²) in [6, 6.07) is 4.56. The number of anilines is 1. The summed E-state index contributed by atoms with van der Waals surface area (Å²) in [6.45, 7) is 0.477. The normalized spacial score (nSPS) is 10.7. The summed E-state index contributed by atoms with van der Waals surface area (Å²) in [5.74, 6) is -0.321. The molecule has 0 heterocycles. The zero-order valence-electron chi connectivity index (χ0n) is 9.67. The number of carbonyl (C=O) groups is 1. The lowest BCUT2D eigenvalue weighted by Gasteiger charge is -2.09. The molecular formula is C11H14ClF3N2O. The van der Waals surface area contributed by atoms with Crippen LogP contribution in [0.2, 0.25) is 0 Å². The highest BCUT2D eigenvalue weighted by Crippen LogP contribution is 2.30. The van der Waals surface area contributed by atoms with Gasteiger partial charge in [-0.15, -0.1) is 12.4 Å². The lowest BCUT2D eigenvalue weighted by molar-refractivity contribution is -0.137. The summed E-state index contributed by atoms with van der Waals surface area (Å²) in [5.41, 5.74) is -0.621. The van der Waals surface area contributed by atoms with E-state index in [2.05, 4.69) is 10.6 Å². The van der Waals surface area contributed by atoms with Gasteiger partial charge in [-0.25, -0.2) is 0 Å². The van der Waals surface area contributed by atoms with E-state index in [1.807, 2.05) is 0 Å². The molecule has 0 aromatic heterocycles. The molecule has 0 aliphatic carbocycles. The molecule has 0 fully saturated rings. The van der Waals surface area contributed by atoms with Gasteiger partial charge in [0.05, 0.1) is 5.56 Å². The molecule has 0 radical (unpaired) electrons. The molecule has 0 atom stereocenters. The number of halogens is 4. The molecule has 0 saturated heterocycles. The van der Waals surface area contributed by atoms with Gasteiger partial charge in [0.2, 0.25) is 5.91 Å². The van der Waals surface area contributed by atoms with E-state index < -0.39 is 11.7 Å². The Bertz CT molecular complexity index is 396. The maximum atomic E-state index is 12.4. The van der Waals surface area contributed by atoms with Crippen LogP contribution in [0.25, 0.3) is 0 Å². The van der Waals surface area contributed by atoms with Crippen molar-refractivity contribution in [2.24, 2.45) is 0 Å². The van der Waals surface area contributed by atoms with E-state index in [0.29, 0.717) is 6.54 Å². The highest BCUT2D eigenvalue weighted by atomic mass is 35.5. The smallest absolute Gasteiger partial charge is 0.326 e. The lowest BCUT2D eigenvalue weighted by Crippen LogP contribution is -2.19. The Balaban J connectivity index is 0.00000289. The summed E-state index contributed by atoms with van der Waals surface area (Å²) in [6.07, 6.45) is -4.18. The number of amides is 1. The van der Waals surface area contributed by atoms with Gasteiger partial charge in [-0.1, -0.05) is 6.07 Å². The Labute approximate surface area is 109 Å². The van der Waals surface area contributed by atoms with E-state index in [1.165, 1.54) is 12.1 Å². The molecule has 0 aliphatic heterocycles. The van der Waals surface area contributed by atoms with Gasteiger partial charge in [-0.2, -0.15) is 13.2 Å². The van der Waals surface area contributed by atoms with Crippen LogP contribution in [0.1, 0.15) is 12.0 Å². The fraction of sp³-hybridized carbons (Fsp3) is 0.364. The third-order valence-corrected chi connectivity index (χ3v) is 2.08. The highest BCUT2D eigenvalue weighted by molar-refractivity contribution is 5.90. The summed E-state index contributed by atoms with van der Waals surface area (Å²) in [4.78, 5) is 11.3. The van der Waals surface area contributed by atoms with Crippen molar-refractivity contribution in [1.82, 2.24) is 5.32 Å². The molecule has 1 aromatic carbocycles. The molecule has 0 bridgehead atoms. The average Bonchev–Trinajstić information content (AvgIpc) is 2.25. The molecule has 0 saturated carbocycles. The Hall–Kier alpha value is -1.27. The molecule has 1 rings (SSSR count). The molecule has 102 valence electrons. The molecule has 0 spiro atoms. The predicted octanol–water partition coefficient (Wildman–Crippen LogP) is 2.68. The van der Waals surface area contributed by atoms with Crippen LogP contribution in [-0.2, 0) is 11.0 Å². The zero-order chi connectivity index (χ0) is 12.9. The average molecular weight is 283 g/mol. The quantitative estimate of drug-likeness (QED) is 0.891. The van der Waals surface area contributed by atoms with Crippen LogP contribution in [0.15, 0.2) is 24.3 Å². The van der Waals surface area contributed by atoms with Gasteiger partial charge in [0, 0.05) is 18.7 Å². The van der Waals surface area contributed by atoms with Crippen molar-refractivity contribution in [2.75, 3.05) is 18.9 Å². The fourth-order valence-corrected chi connectivity index (χ4v) is 1.24. The Kier molecular flexibility index (Phi) is 6.72. The third-order valence-electron chi connectivity index (χ3n) is 2.08. The second-order valence-corrected chi connectivity index (χ2v) is 3.48. The first-order valence-electron chi connectivity index (χ1n) is 5.05. The molecule has 1 amide bonds. The monoisotopic (exact) mass is 282 g/mol. The first-order valence-corrected chi connectivity index (χ1v) is 5.05. The molecule has 1 aromatic rings. The van der Waals surface area contributed by atoms with E-state index in [-0.39, 0.29) is 30.4 Å². The van der Waals surface area contributed by atoms with Gasteiger partial charge < -0.3 is 10.6 Å². The van der Waals surface area contributed by atoms with Crippen molar-refractivity contribution >= 4 is 24.0 Å². The number of hydrogen-bond donors (Lipinski definition) is 2. The SMILES string of the molecule is CNCCC(=O)Nc1cccc(C(F)(F)F)c1.Cl. The van der Waals surface area contributed by atoms with Crippen LogP contribution >= 0.6 is 12.4 Å². The summed E-state index contributed by atoms with van der Waals surface area (Å²) in [5, 5.41) is 5.19. The van der Waals surface area contributed by atoms with Crippen molar-refractivity contribution in [3.8, 4) is 0 Å². The molecule has 7 heteroatoms. The van der Waals surface area contributed by atoms with E-state index in [0.717, 1.165) is 12.1 Å². The second kappa shape index (κ2) is 7.23. The Morgan fingerprint density at radius 3 is 2.56 bits per heavy atom. The van der Waals surface area contributed by atoms with Crippen molar-refractivity contribution in [3.05, 3.63) is 29.8 Å².